The second-order valence-corrected chi connectivity index (χ2v) is 6.12. The van der Waals surface area contributed by atoms with E-state index in [0.29, 0.717) is 5.92 Å². The summed E-state index contributed by atoms with van der Waals surface area (Å²) in [6.07, 6.45) is 4.22. The minimum absolute atomic E-state index is 0.101. The van der Waals surface area contributed by atoms with E-state index in [1.165, 1.54) is 39.7 Å². The molecule has 1 heterocycles. The second kappa shape index (κ2) is 4.68. The van der Waals surface area contributed by atoms with Gasteiger partial charge in [0, 0.05) is 16.6 Å². The molecular weight excluding hydrogens is 234 g/mol. The van der Waals surface area contributed by atoms with Crippen LogP contribution in [0.15, 0.2) is 12.1 Å². The van der Waals surface area contributed by atoms with E-state index in [2.05, 4.69) is 37.9 Å². The van der Waals surface area contributed by atoms with E-state index in [4.69, 9.17) is 0 Å². The minimum Gasteiger partial charge on any atom is -0.393 e. The molecule has 0 radical (unpaired) electrons. The third-order valence-corrected chi connectivity index (χ3v) is 4.91. The molecule has 2 atom stereocenters. The molecule has 0 saturated heterocycles. The Bertz CT molecular complexity index is 611. The normalized spacial score (nSPS) is 23.4. The van der Waals surface area contributed by atoms with Crippen molar-refractivity contribution < 1.29 is 5.11 Å². The van der Waals surface area contributed by atoms with Gasteiger partial charge in [-0.25, -0.2) is 0 Å². The van der Waals surface area contributed by atoms with Crippen molar-refractivity contribution in [3.63, 3.8) is 0 Å². The lowest BCUT2D eigenvalue weighted by Crippen LogP contribution is -2.15. The number of aliphatic hydroxyl groups excluding tert-OH is 1. The molecule has 1 aliphatic carbocycles. The van der Waals surface area contributed by atoms with Gasteiger partial charge in [0.2, 0.25) is 0 Å². The van der Waals surface area contributed by atoms with Crippen LogP contribution in [0.2, 0.25) is 0 Å². The maximum absolute atomic E-state index is 10.0. The molecular formula is C17H23NO. The molecule has 3 rings (SSSR count). The third-order valence-electron chi connectivity index (χ3n) is 4.91. The lowest BCUT2D eigenvalue weighted by atomic mass is 9.93. The fourth-order valence-corrected chi connectivity index (χ4v) is 3.47. The molecule has 2 unspecified atom stereocenters. The van der Waals surface area contributed by atoms with Crippen LogP contribution in [0.3, 0.4) is 0 Å². The Morgan fingerprint density at radius 2 is 2.00 bits per heavy atom. The van der Waals surface area contributed by atoms with Crippen LogP contribution in [0.1, 0.15) is 41.6 Å². The average Bonchev–Trinajstić information content (AvgIpc) is 2.91. The van der Waals surface area contributed by atoms with Crippen LogP contribution in [0, 0.1) is 26.7 Å². The molecule has 0 bridgehead atoms. The zero-order valence-corrected chi connectivity index (χ0v) is 12.1. The lowest BCUT2D eigenvalue weighted by Gasteiger charge is -2.14. The van der Waals surface area contributed by atoms with Gasteiger partial charge in [-0.2, -0.15) is 0 Å². The Morgan fingerprint density at radius 3 is 2.68 bits per heavy atom. The van der Waals surface area contributed by atoms with Gasteiger partial charge in [0.05, 0.1) is 6.10 Å². The molecule has 1 fully saturated rings. The first-order valence-corrected chi connectivity index (χ1v) is 7.33. The SMILES string of the molecule is Cc1ccc2c(CC3CCCC3O)c(C)[nH]c2c1C. The van der Waals surface area contributed by atoms with Gasteiger partial charge < -0.3 is 10.1 Å². The van der Waals surface area contributed by atoms with Gasteiger partial charge in [-0.3, -0.25) is 0 Å². The van der Waals surface area contributed by atoms with Crippen molar-refractivity contribution in [2.75, 3.05) is 0 Å². The van der Waals surface area contributed by atoms with Gasteiger partial charge in [-0.05, 0) is 62.6 Å². The number of nitrogens with one attached hydrogen (secondary N) is 1. The molecule has 1 aliphatic rings. The van der Waals surface area contributed by atoms with Crippen LogP contribution in [0.4, 0.5) is 0 Å². The Labute approximate surface area is 114 Å². The summed E-state index contributed by atoms with van der Waals surface area (Å²) < 4.78 is 0. The van der Waals surface area contributed by atoms with Crippen LogP contribution >= 0.6 is 0 Å². The minimum atomic E-state index is -0.101. The lowest BCUT2D eigenvalue weighted by molar-refractivity contribution is 0.133. The van der Waals surface area contributed by atoms with Gasteiger partial charge in [0.1, 0.15) is 0 Å². The number of H-pyrrole nitrogens is 1. The highest BCUT2D eigenvalue weighted by molar-refractivity contribution is 5.88. The topological polar surface area (TPSA) is 36.0 Å². The summed E-state index contributed by atoms with van der Waals surface area (Å²) in [5, 5.41) is 11.4. The third kappa shape index (κ3) is 2.08. The van der Waals surface area contributed by atoms with Gasteiger partial charge >= 0.3 is 0 Å². The zero-order valence-electron chi connectivity index (χ0n) is 12.1. The standard InChI is InChI=1S/C17H23NO/c1-10-7-8-14-15(9-13-5-4-6-16(13)19)12(3)18-17(14)11(10)2/h7-8,13,16,18-19H,4-6,9H2,1-3H3. The second-order valence-electron chi connectivity index (χ2n) is 6.12. The maximum atomic E-state index is 10.0. The van der Waals surface area contributed by atoms with Crippen molar-refractivity contribution in [2.45, 2.75) is 52.6 Å². The summed E-state index contributed by atoms with van der Waals surface area (Å²) in [5.74, 6) is 0.444. The van der Waals surface area contributed by atoms with E-state index in [0.717, 1.165) is 19.3 Å². The molecule has 1 aromatic carbocycles. The van der Waals surface area contributed by atoms with E-state index in [-0.39, 0.29) is 6.10 Å². The zero-order chi connectivity index (χ0) is 13.6. The summed E-state index contributed by atoms with van der Waals surface area (Å²) in [7, 11) is 0. The molecule has 2 N–H and O–H groups in total. The fraction of sp³-hybridized carbons (Fsp3) is 0.529. The van der Waals surface area contributed by atoms with Crippen molar-refractivity contribution >= 4 is 10.9 Å². The molecule has 1 saturated carbocycles. The highest BCUT2D eigenvalue weighted by atomic mass is 16.3. The van der Waals surface area contributed by atoms with Crippen molar-refractivity contribution in [3.8, 4) is 0 Å². The summed E-state index contributed by atoms with van der Waals surface area (Å²) >= 11 is 0. The number of hydrogen-bond acceptors (Lipinski definition) is 1. The quantitative estimate of drug-likeness (QED) is 0.843. The number of rotatable bonds is 2. The molecule has 1 aromatic heterocycles. The smallest absolute Gasteiger partial charge is 0.0571 e. The average molecular weight is 257 g/mol. The molecule has 2 nitrogen and oxygen atoms in total. The molecule has 0 aliphatic heterocycles. The first kappa shape index (κ1) is 12.7. The van der Waals surface area contributed by atoms with E-state index < -0.39 is 0 Å². The van der Waals surface area contributed by atoms with Crippen LogP contribution in [0.5, 0.6) is 0 Å². The molecule has 19 heavy (non-hydrogen) atoms. The Hall–Kier alpha value is -1.28. The maximum Gasteiger partial charge on any atom is 0.0571 e. The fourth-order valence-electron chi connectivity index (χ4n) is 3.47. The number of aryl methyl sites for hydroxylation is 3. The molecule has 102 valence electrons. The Kier molecular flexibility index (Phi) is 3.14. The van der Waals surface area contributed by atoms with Crippen LogP contribution in [0.25, 0.3) is 10.9 Å². The highest BCUT2D eigenvalue weighted by Gasteiger charge is 2.26. The summed E-state index contributed by atoms with van der Waals surface area (Å²) in [6, 6.07) is 4.44. The van der Waals surface area contributed by atoms with Gasteiger partial charge in [0.25, 0.3) is 0 Å². The molecule has 0 spiro atoms. The number of fused-ring (bicyclic) bond motifs is 1. The molecule has 2 aromatic rings. The largest absolute Gasteiger partial charge is 0.393 e. The van der Waals surface area contributed by atoms with Crippen molar-refractivity contribution in [1.29, 1.82) is 0 Å². The van der Waals surface area contributed by atoms with Crippen molar-refractivity contribution in [2.24, 2.45) is 5.92 Å². The predicted molar refractivity (Wildman–Crippen MR) is 79.6 cm³/mol. The number of benzene rings is 1. The first-order valence-electron chi connectivity index (χ1n) is 7.33. The summed E-state index contributed by atoms with van der Waals surface area (Å²) in [4.78, 5) is 3.54. The van der Waals surface area contributed by atoms with Gasteiger partial charge in [0.15, 0.2) is 0 Å². The number of aromatic nitrogens is 1. The van der Waals surface area contributed by atoms with E-state index in [1.807, 2.05) is 0 Å². The van der Waals surface area contributed by atoms with E-state index in [1.54, 1.807) is 0 Å². The van der Waals surface area contributed by atoms with Gasteiger partial charge in [-0.1, -0.05) is 18.6 Å². The Balaban J connectivity index is 2.03. The van der Waals surface area contributed by atoms with Crippen LogP contribution in [-0.4, -0.2) is 16.2 Å². The van der Waals surface area contributed by atoms with Crippen LogP contribution in [-0.2, 0) is 6.42 Å². The first-order chi connectivity index (χ1) is 9.08. The summed E-state index contributed by atoms with van der Waals surface area (Å²) in [5.41, 5.74) is 6.63. The predicted octanol–water partition coefficient (Wildman–Crippen LogP) is 3.80. The summed E-state index contributed by atoms with van der Waals surface area (Å²) in [6.45, 7) is 6.50. The van der Waals surface area contributed by atoms with Crippen molar-refractivity contribution in [1.82, 2.24) is 4.98 Å². The Morgan fingerprint density at radius 1 is 1.21 bits per heavy atom. The number of hydrogen-bond donors (Lipinski definition) is 2. The van der Waals surface area contributed by atoms with Crippen LogP contribution < -0.4 is 0 Å². The number of aromatic amines is 1. The van der Waals surface area contributed by atoms with Crippen molar-refractivity contribution in [3.05, 3.63) is 34.5 Å². The monoisotopic (exact) mass is 257 g/mol. The van der Waals surface area contributed by atoms with E-state index in [9.17, 15) is 5.11 Å². The number of aliphatic hydroxyl groups is 1. The van der Waals surface area contributed by atoms with Gasteiger partial charge in [-0.15, -0.1) is 0 Å². The molecule has 2 heteroatoms. The highest BCUT2D eigenvalue weighted by Crippen LogP contribution is 2.33. The van der Waals surface area contributed by atoms with E-state index >= 15 is 0 Å². The molecule has 0 amide bonds.